The highest BCUT2D eigenvalue weighted by Crippen LogP contribution is 2.46. The van der Waals surface area contributed by atoms with E-state index in [1.807, 2.05) is 11.9 Å². The van der Waals surface area contributed by atoms with Gasteiger partial charge in [-0.2, -0.15) is 0 Å². The maximum absolute atomic E-state index is 6.37. The fourth-order valence-corrected chi connectivity index (χ4v) is 4.84. The van der Waals surface area contributed by atoms with Gasteiger partial charge in [-0.05, 0) is 42.3 Å². The van der Waals surface area contributed by atoms with E-state index in [1.165, 1.54) is 29.5 Å². The quantitative estimate of drug-likeness (QED) is 0.563. The van der Waals surface area contributed by atoms with Gasteiger partial charge >= 0.3 is 0 Å². The van der Waals surface area contributed by atoms with Crippen molar-refractivity contribution in [3.63, 3.8) is 0 Å². The summed E-state index contributed by atoms with van der Waals surface area (Å²) in [5, 5.41) is 0. The summed E-state index contributed by atoms with van der Waals surface area (Å²) in [6.45, 7) is 8.84. The second-order valence-corrected chi connectivity index (χ2v) is 9.36. The normalized spacial score (nSPS) is 17.8. The Balaban J connectivity index is 1.64. The van der Waals surface area contributed by atoms with E-state index < -0.39 is 0 Å². The van der Waals surface area contributed by atoms with Crippen LogP contribution in [0, 0.1) is 5.92 Å². The zero-order chi connectivity index (χ0) is 20.7. The molecule has 0 N–H and O–H groups in total. The van der Waals surface area contributed by atoms with Gasteiger partial charge in [0.2, 0.25) is 0 Å². The predicted molar refractivity (Wildman–Crippen MR) is 126 cm³/mol. The third kappa shape index (κ3) is 3.56. The van der Waals surface area contributed by atoms with Gasteiger partial charge in [0, 0.05) is 47.5 Å². The third-order valence-electron chi connectivity index (χ3n) is 5.90. The first-order chi connectivity index (χ1) is 14.7. The zero-order valence-electron chi connectivity index (χ0n) is 17.7. The second kappa shape index (κ2) is 7.95. The van der Waals surface area contributed by atoms with E-state index in [1.54, 1.807) is 0 Å². The summed E-state index contributed by atoms with van der Waals surface area (Å²) >= 11 is 1.84. The van der Waals surface area contributed by atoms with Crippen molar-refractivity contribution in [3.05, 3.63) is 65.9 Å². The van der Waals surface area contributed by atoms with Crippen LogP contribution in [0.4, 0.5) is 5.69 Å². The standard InChI is InChI=1S/C25H28N2O2S/c1-4-30-27-11-12-28-25-14-24(29-16-18-9-10-18)21(13-23(25)27)22-15-26(3)17(2)19-7-5-6-8-20(19)22/h5-8,13-15,18H,2,4,9-12,16H2,1,3H3. The van der Waals surface area contributed by atoms with Crippen molar-refractivity contribution < 1.29 is 9.47 Å². The molecule has 0 radical (unpaired) electrons. The van der Waals surface area contributed by atoms with Crippen molar-refractivity contribution in [1.29, 1.82) is 0 Å². The Morgan fingerprint density at radius 1 is 1.17 bits per heavy atom. The molecule has 0 spiro atoms. The molecule has 156 valence electrons. The Labute approximate surface area is 183 Å². The molecular formula is C25H28N2O2S. The molecule has 5 heteroatoms. The van der Waals surface area contributed by atoms with Gasteiger partial charge in [0.25, 0.3) is 0 Å². The highest BCUT2D eigenvalue weighted by atomic mass is 32.2. The molecule has 2 aromatic carbocycles. The number of nitrogens with zero attached hydrogens (tertiary/aromatic N) is 2. The minimum atomic E-state index is 0.692. The molecule has 0 saturated heterocycles. The van der Waals surface area contributed by atoms with Crippen molar-refractivity contribution in [2.75, 3.05) is 36.9 Å². The molecule has 2 aliphatic heterocycles. The van der Waals surface area contributed by atoms with Crippen LogP contribution in [0.1, 0.15) is 36.5 Å². The molecule has 1 saturated carbocycles. The molecule has 0 unspecified atom stereocenters. The number of rotatable bonds is 6. The van der Waals surface area contributed by atoms with Crippen LogP contribution in [0.15, 0.2) is 49.2 Å². The van der Waals surface area contributed by atoms with Crippen molar-refractivity contribution in [2.24, 2.45) is 5.92 Å². The van der Waals surface area contributed by atoms with E-state index >= 15 is 0 Å². The minimum absolute atomic E-state index is 0.692. The van der Waals surface area contributed by atoms with Gasteiger partial charge in [0.1, 0.15) is 18.1 Å². The van der Waals surface area contributed by atoms with Gasteiger partial charge in [-0.25, -0.2) is 0 Å². The molecule has 0 aromatic heterocycles. The van der Waals surface area contributed by atoms with Gasteiger partial charge in [-0.3, -0.25) is 0 Å². The fourth-order valence-electron chi connectivity index (χ4n) is 4.05. The van der Waals surface area contributed by atoms with Crippen LogP contribution < -0.4 is 13.8 Å². The SMILES string of the molecule is C=C1c2ccccc2C(c2cc3c(cc2OCC2CC2)OCCN3SCC)=CN1C. The molecule has 4 nitrogen and oxygen atoms in total. The number of ether oxygens (including phenoxy) is 2. The van der Waals surface area contributed by atoms with Crippen molar-refractivity contribution in [1.82, 2.24) is 4.90 Å². The third-order valence-corrected chi connectivity index (χ3v) is 6.85. The van der Waals surface area contributed by atoms with E-state index in [9.17, 15) is 0 Å². The van der Waals surface area contributed by atoms with Crippen LogP contribution in [0.2, 0.25) is 0 Å². The number of fused-ring (bicyclic) bond motifs is 2. The fraction of sp³-hybridized carbons (Fsp3) is 0.360. The lowest BCUT2D eigenvalue weighted by Crippen LogP contribution is -2.27. The number of anilines is 1. The maximum atomic E-state index is 6.37. The van der Waals surface area contributed by atoms with Gasteiger partial charge in [-0.15, -0.1) is 0 Å². The van der Waals surface area contributed by atoms with Crippen LogP contribution in [0.25, 0.3) is 11.3 Å². The van der Waals surface area contributed by atoms with Crippen molar-refractivity contribution >= 4 is 28.9 Å². The van der Waals surface area contributed by atoms with Crippen LogP contribution in [0.3, 0.4) is 0 Å². The summed E-state index contributed by atoms with van der Waals surface area (Å²) in [6.07, 6.45) is 4.72. The Kier molecular flexibility index (Phi) is 5.15. The zero-order valence-corrected chi connectivity index (χ0v) is 18.5. The summed E-state index contributed by atoms with van der Waals surface area (Å²) in [5.74, 6) is 3.55. The summed E-state index contributed by atoms with van der Waals surface area (Å²) in [6, 6.07) is 12.8. The predicted octanol–water partition coefficient (Wildman–Crippen LogP) is 5.65. The van der Waals surface area contributed by atoms with Crippen LogP contribution in [-0.4, -0.2) is 37.5 Å². The van der Waals surface area contributed by atoms with Gasteiger partial charge in [0.15, 0.2) is 0 Å². The Morgan fingerprint density at radius 2 is 1.97 bits per heavy atom. The minimum Gasteiger partial charge on any atom is -0.493 e. The van der Waals surface area contributed by atoms with Crippen LogP contribution in [-0.2, 0) is 0 Å². The summed E-state index contributed by atoms with van der Waals surface area (Å²) < 4.78 is 14.8. The molecule has 0 bridgehead atoms. The molecule has 5 rings (SSSR count). The first-order valence-corrected chi connectivity index (χ1v) is 11.7. The summed E-state index contributed by atoms with van der Waals surface area (Å²) in [5.41, 5.74) is 6.80. The topological polar surface area (TPSA) is 24.9 Å². The molecular weight excluding hydrogens is 392 g/mol. The van der Waals surface area contributed by atoms with Crippen LogP contribution >= 0.6 is 11.9 Å². The average Bonchev–Trinajstić information content (AvgIpc) is 3.59. The molecule has 2 heterocycles. The van der Waals surface area contributed by atoms with E-state index in [-0.39, 0.29) is 0 Å². The lowest BCUT2D eigenvalue weighted by Gasteiger charge is -2.32. The molecule has 0 amide bonds. The van der Waals surface area contributed by atoms with Crippen molar-refractivity contribution in [2.45, 2.75) is 19.8 Å². The van der Waals surface area contributed by atoms with Crippen LogP contribution in [0.5, 0.6) is 11.5 Å². The summed E-state index contributed by atoms with van der Waals surface area (Å²) in [7, 11) is 2.06. The highest BCUT2D eigenvalue weighted by Gasteiger charge is 2.28. The Bertz CT molecular complexity index is 1010. The lowest BCUT2D eigenvalue weighted by molar-refractivity contribution is 0.289. The average molecular weight is 421 g/mol. The van der Waals surface area contributed by atoms with Crippen molar-refractivity contribution in [3.8, 4) is 11.5 Å². The molecule has 30 heavy (non-hydrogen) atoms. The van der Waals surface area contributed by atoms with E-state index in [0.29, 0.717) is 12.5 Å². The Hall–Kier alpha value is -2.53. The van der Waals surface area contributed by atoms with E-state index in [2.05, 4.69) is 72.4 Å². The van der Waals surface area contributed by atoms with Gasteiger partial charge in [0.05, 0.1) is 18.8 Å². The van der Waals surface area contributed by atoms with E-state index in [4.69, 9.17) is 9.47 Å². The Morgan fingerprint density at radius 3 is 2.73 bits per heavy atom. The molecule has 1 fully saturated rings. The second-order valence-electron chi connectivity index (χ2n) is 8.08. The molecule has 3 aliphatic rings. The lowest BCUT2D eigenvalue weighted by atomic mass is 9.89. The smallest absolute Gasteiger partial charge is 0.147 e. The largest absolute Gasteiger partial charge is 0.493 e. The molecule has 0 atom stereocenters. The first kappa shape index (κ1) is 19.4. The van der Waals surface area contributed by atoms with E-state index in [0.717, 1.165) is 47.4 Å². The molecule has 1 aliphatic carbocycles. The van der Waals surface area contributed by atoms with Gasteiger partial charge < -0.3 is 18.7 Å². The number of benzene rings is 2. The maximum Gasteiger partial charge on any atom is 0.147 e. The monoisotopic (exact) mass is 420 g/mol. The molecule has 2 aromatic rings. The number of hydrogen-bond acceptors (Lipinski definition) is 5. The van der Waals surface area contributed by atoms with Gasteiger partial charge in [-0.1, -0.05) is 37.8 Å². The first-order valence-electron chi connectivity index (χ1n) is 10.7. The highest BCUT2D eigenvalue weighted by molar-refractivity contribution is 8.00. The summed E-state index contributed by atoms with van der Waals surface area (Å²) in [4.78, 5) is 2.11. The number of hydrogen-bond donors (Lipinski definition) is 0.